The number of rotatable bonds is 6. The molecule has 3 N–H and O–H groups in total. The predicted molar refractivity (Wildman–Crippen MR) is 144 cm³/mol. The van der Waals surface area contributed by atoms with Gasteiger partial charge in [-0.05, 0) is 49.4 Å². The minimum atomic E-state index is -0.0775. The maximum absolute atomic E-state index is 11.8. The maximum Gasteiger partial charge on any atom is 0.224 e. The van der Waals surface area contributed by atoms with Gasteiger partial charge in [-0.3, -0.25) is 19.7 Å². The molecule has 0 radical (unpaired) electrons. The molecule has 0 bridgehead atoms. The van der Waals surface area contributed by atoms with Crippen molar-refractivity contribution in [2.24, 2.45) is 0 Å². The standard InChI is InChI=1S/C27H21N7O2S/c1-3-24(36)30-16-10-15(12-28-13-16)19-4-5-20-25(31-19)26(34-33-20)21-11-18-17(8-9-29-27(18)32-21)23-7-6-22(37-23)14(2)35/h4-13H,3H2,1-2H3,(H,29,32)(H,30,36)(H,33,34). The second-order valence-electron chi connectivity index (χ2n) is 8.55. The Morgan fingerprint density at radius 1 is 1.08 bits per heavy atom. The van der Waals surface area contributed by atoms with Gasteiger partial charge in [-0.25, -0.2) is 9.97 Å². The molecule has 9 nitrogen and oxygen atoms in total. The van der Waals surface area contributed by atoms with E-state index in [1.54, 1.807) is 32.4 Å². The first-order valence-electron chi connectivity index (χ1n) is 11.7. The summed E-state index contributed by atoms with van der Waals surface area (Å²) in [5, 5.41) is 11.4. The van der Waals surface area contributed by atoms with Gasteiger partial charge in [0.2, 0.25) is 5.91 Å². The molecule has 0 unspecified atom stereocenters. The molecule has 0 aliphatic heterocycles. The van der Waals surface area contributed by atoms with Crippen molar-refractivity contribution in [3.63, 3.8) is 0 Å². The third-order valence-electron chi connectivity index (χ3n) is 6.05. The number of H-pyrrole nitrogens is 2. The molecule has 6 aromatic rings. The van der Waals surface area contributed by atoms with Crippen molar-refractivity contribution >= 4 is 50.8 Å². The summed E-state index contributed by atoms with van der Waals surface area (Å²) in [6.45, 7) is 3.37. The Labute approximate surface area is 215 Å². The summed E-state index contributed by atoms with van der Waals surface area (Å²) >= 11 is 1.47. The van der Waals surface area contributed by atoms with E-state index in [2.05, 4.69) is 30.5 Å². The molecule has 1 amide bonds. The number of amides is 1. The van der Waals surface area contributed by atoms with Crippen LogP contribution in [0.25, 0.3) is 55.2 Å². The fourth-order valence-corrected chi connectivity index (χ4v) is 5.13. The molecule has 0 spiro atoms. The Morgan fingerprint density at radius 3 is 2.78 bits per heavy atom. The first kappa shape index (κ1) is 22.7. The van der Waals surface area contributed by atoms with Crippen molar-refractivity contribution in [2.75, 3.05) is 5.32 Å². The Morgan fingerprint density at radius 2 is 1.97 bits per heavy atom. The molecule has 0 aliphatic rings. The number of thiophene rings is 1. The molecule has 0 aromatic carbocycles. The number of Topliss-reactive ketones (excluding diaryl/α,β-unsaturated/α-hetero) is 1. The van der Waals surface area contributed by atoms with E-state index in [9.17, 15) is 9.59 Å². The van der Waals surface area contributed by atoms with Gasteiger partial charge < -0.3 is 10.3 Å². The fraction of sp³-hybridized carbons (Fsp3) is 0.111. The summed E-state index contributed by atoms with van der Waals surface area (Å²) in [5.74, 6) is -0.0269. The van der Waals surface area contributed by atoms with Crippen molar-refractivity contribution in [1.82, 2.24) is 30.1 Å². The van der Waals surface area contributed by atoms with Crippen LogP contribution in [0.2, 0.25) is 0 Å². The number of nitrogens with zero attached hydrogens (tertiary/aromatic N) is 4. The summed E-state index contributed by atoms with van der Waals surface area (Å²) in [6, 6.07) is 13.4. The molecule has 0 saturated heterocycles. The van der Waals surface area contributed by atoms with Gasteiger partial charge in [-0.2, -0.15) is 5.10 Å². The molecule has 6 rings (SSSR count). The lowest BCUT2D eigenvalue weighted by Crippen LogP contribution is -2.09. The summed E-state index contributed by atoms with van der Waals surface area (Å²) in [7, 11) is 0. The smallest absolute Gasteiger partial charge is 0.224 e. The quantitative estimate of drug-likeness (QED) is 0.243. The molecule has 0 atom stereocenters. The highest BCUT2D eigenvalue weighted by Gasteiger charge is 2.17. The Bertz CT molecular complexity index is 1810. The number of aromatic amines is 2. The van der Waals surface area contributed by atoms with E-state index in [4.69, 9.17) is 4.98 Å². The summed E-state index contributed by atoms with van der Waals surface area (Å²) in [5.41, 5.74) is 6.76. The fourth-order valence-electron chi connectivity index (χ4n) is 4.19. The number of fused-ring (bicyclic) bond motifs is 2. The summed E-state index contributed by atoms with van der Waals surface area (Å²) < 4.78 is 0. The van der Waals surface area contributed by atoms with Crippen LogP contribution >= 0.6 is 11.3 Å². The van der Waals surface area contributed by atoms with Gasteiger partial charge in [-0.1, -0.05) is 6.92 Å². The highest BCUT2D eigenvalue weighted by Crippen LogP contribution is 2.36. The minimum Gasteiger partial charge on any atom is -0.338 e. The second-order valence-corrected chi connectivity index (χ2v) is 9.64. The van der Waals surface area contributed by atoms with Crippen LogP contribution in [0.3, 0.4) is 0 Å². The lowest BCUT2D eigenvalue weighted by atomic mass is 10.1. The number of ketones is 1. The van der Waals surface area contributed by atoms with Crippen LogP contribution in [0.4, 0.5) is 5.69 Å². The van der Waals surface area contributed by atoms with Gasteiger partial charge in [0, 0.05) is 40.2 Å². The lowest BCUT2D eigenvalue weighted by molar-refractivity contribution is -0.115. The largest absolute Gasteiger partial charge is 0.338 e. The Kier molecular flexibility index (Phi) is 5.57. The second kappa shape index (κ2) is 9.07. The van der Waals surface area contributed by atoms with E-state index in [0.717, 1.165) is 43.1 Å². The van der Waals surface area contributed by atoms with Gasteiger partial charge in [0.05, 0.1) is 33.7 Å². The number of nitrogens with one attached hydrogen (secondary N) is 3. The van der Waals surface area contributed by atoms with Crippen molar-refractivity contribution in [3.8, 4) is 33.1 Å². The van der Waals surface area contributed by atoms with E-state index >= 15 is 0 Å². The van der Waals surface area contributed by atoms with Gasteiger partial charge in [0.1, 0.15) is 16.9 Å². The maximum atomic E-state index is 11.8. The lowest BCUT2D eigenvalue weighted by Gasteiger charge is -2.06. The van der Waals surface area contributed by atoms with Crippen LogP contribution in [0.1, 0.15) is 29.9 Å². The van der Waals surface area contributed by atoms with Crippen LogP contribution in [0.15, 0.2) is 61.1 Å². The number of anilines is 1. The van der Waals surface area contributed by atoms with E-state index in [-0.39, 0.29) is 11.7 Å². The average Bonchev–Trinajstić information content (AvgIpc) is 3.66. The van der Waals surface area contributed by atoms with Crippen LogP contribution < -0.4 is 5.32 Å². The highest BCUT2D eigenvalue weighted by atomic mass is 32.1. The third kappa shape index (κ3) is 4.17. The number of carbonyl (C=O) groups is 2. The Balaban J connectivity index is 1.42. The van der Waals surface area contributed by atoms with Crippen LogP contribution in [-0.4, -0.2) is 41.8 Å². The number of hydrogen-bond acceptors (Lipinski definition) is 7. The molecule has 10 heteroatoms. The molecule has 6 heterocycles. The van der Waals surface area contributed by atoms with Crippen molar-refractivity contribution in [3.05, 3.63) is 65.9 Å². The number of pyridine rings is 3. The highest BCUT2D eigenvalue weighted by molar-refractivity contribution is 7.17. The predicted octanol–water partition coefficient (Wildman–Crippen LogP) is 5.84. The molecule has 0 saturated carbocycles. The van der Waals surface area contributed by atoms with E-state index < -0.39 is 0 Å². The SMILES string of the molecule is CCC(=O)Nc1cncc(-c2ccc3[nH]nc(-c4cc5c(-c6ccc(C(C)=O)s6)ccnc5[nH]4)c3n2)c1. The molecule has 0 aliphatic carbocycles. The third-order valence-corrected chi connectivity index (χ3v) is 7.27. The molecule has 37 heavy (non-hydrogen) atoms. The van der Waals surface area contributed by atoms with E-state index in [1.807, 2.05) is 42.5 Å². The van der Waals surface area contributed by atoms with Gasteiger partial charge in [0.15, 0.2) is 5.78 Å². The zero-order valence-corrected chi connectivity index (χ0v) is 20.8. The van der Waals surface area contributed by atoms with Gasteiger partial charge >= 0.3 is 0 Å². The first-order chi connectivity index (χ1) is 18.0. The molecule has 0 fully saturated rings. The Hall–Kier alpha value is -4.70. The molecular weight excluding hydrogens is 486 g/mol. The van der Waals surface area contributed by atoms with E-state index in [1.165, 1.54) is 11.3 Å². The normalized spacial score (nSPS) is 11.3. The zero-order chi connectivity index (χ0) is 25.5. The summed E-state index contributed by atoms with van der Waals surface area (Å²) in [6.07, 6.45) is 5.46. The van der Waals surface area contributed by atoms with Crippen LogP contribution in [0, 0.1) is 0 Å². The zero-order valence-electron chi connectivity index (χ0n) is 20.0. The van der Waals surface area contributed by atoms with Crippen molar-refractivity contribution in [2.45, 2.75) is 20.3 Å². The molecule has 6 aromatic heterocycles. The minimum absolute atomic E-state index is 0.0506. The first-order valence-corrected chi connectivity index (χ1v) is 12.5. The van der Waals surface area contributed by atoms with Crippen LogP contribution in [0.5, 0.6) is 0 Å². The molecular formula is C27H21N7O2S. The van der Waals surface area contributed by atoms with Gasteiger partial charge in [-0.15, -0.1) is 11.3 Å². The van der Waals surface area contributed by atoms with E-state index in [0.29, 0.717) is 29.0 Å². The number of carbonyl (C=O) groups excluding carboxylic acids is 2. The summed E-state index contributed by atoms with van der Waals surface area (Å²) in [4.78, 5) is 42.3. The van der Waals surface area contributed by atoms with Crippen molar-refractivity contribution < 1.29 is 9.59 Å². The topological polar surface area (TPSA) is 129 Å². The number of hydrogen-bond donors (Lipinski definition) is 3. The average molecular weight is 508 g/mol. The molecule has 182 valence electrons. The van der Waals surface area contributed by atoms with Gasteiger partial charge in [0.25, 0.3) is 0 Å². The van der Waals surface area contributed by atoms with Crippen LogP contribution in [-0.2, 0) is 4.79 Å². The van der Waals surface area contributed by atoms with Crippen molar-refractivity contribution in [1.29, 1.82) is 0 Å². The number of aromatic nitrogens is 6. The monoisotopic (exact) mass is 507 g/mol.